The number of amides is 1. The molecule has 1 aliphatic heterocycles. The summed E-state index contributed by atoms with van der Waals surface area (Å²) in [6.07, 6.45) is 3.19. The fraction of sp³-hybridized carbons (Fsp3) is 0.409. The number of nitrogens with zero attached hydrogens (tertiary/aromatic N) is 1. The minimum Gasteiger partial charge on any atom is -0.481 e. The van der Waals surface area contributed by atoms with E-state index < -0.39 is 6.10 Å². The van der Waals surface area contributed by atoms with Crippen LogP contribution in [-0.4, -0.2) is 31.6 Å². The number of nitrogens with one attached hydrogen (secondary N) is 1. The Morgan fingerprint density at radius 3 is 2.78 bits per heavy atom. The van der Waals surface area contributed by atoms with Crippen LogP contribution in [0.25, 0.3) is 0 Å². The zero-order valence-corrected chi connectivity index (χ0v) is 15.8. The number of carbonyl (C=O) groups is 1. The number of anilines is 1. The summed E-state index contributed by atoms with van der Waals surface area (Å²) < 4.78 is 18.7. The van der Waals surface area contributed by atoms with Gasteiger partial charge in [-0.1, -0.05) is 25.1 Å². The fourth-order valence-electron chi connectivity index (χ4n) is 3.44. The molecule has 0 saturated heterocycles. The molecule has 0 aliphatic carbocycles. The van der Waals surface area contributed by atoms with E-state index in [0.717, 1.165) is 25.9 Å². The first kappa shape index (κ1) is 19.2. The van der Waals surface area contributed by atoms with Crippen molar-refractivity contribution in [2.24, 2.45) is 0 Å². The average Bonchev–Trinajstić information content (AvgIpc) is 2.70. The zero-order chi connectivity index (χ0) is 19.1. The van der Waals surface area contributed by atoms with Gasteiger partial charge in [-0.3, -0.25) is 4.79 Å². The molecular weight excluding hydrogens is 343 g/mol. The van der Waals surface area contributed by atoms with Gasteiger partial charge in [0.15, 0.2) is 6.10 Å². The second kappa shape index (κ2) is 9.40. The zero-order valence-electron chi connectivity index (χ0n) is 15.8. The maximum atomic E-state index is 13.0. The molecule has 0 fully saturated rings. The molecule has 0 aromatic heterocycles. The highest BCUT2D eigenvalue weighted by Gasteiger charge is 2.19. The summed E-state index contributed by atoms with van der Waals surface area (Å²) in [7, 11) is 0. The van der Waals surface area contributed by atoms with Gasteiger partial charge in [0.1, 0.15) is 11.6 Å². The van der Waals surface area contributed by atoms with Crippen molar-refractivity contribution in [3.8, 4) is 5.75 Å². The second-order valence-corrected chi connectivity index (χ2v) is 6.83. The van der Waals surface area contributed by atoms with Crippen LogP contribution in [0.2, 0.25) is 0 Å². The molecule has 0 radical (unpaired) electrons. The number of aryl methyl sites for hydroxylation is 1. The van der Waals surface area contributed by atoms with Crippen LogP contribution < -0.4 is 15.0 Å². The van der Waals surface area contributed by atoms with E-state index >= 15 is 0 Å². The minimum atomic E-state index is -0.564. The molecule has 0 saturated carbocycles. The summed E-state index contributed by atoms with van der Waals surface area (Å²) in [6.45, 7) is 4.50. The molecule has 0 bridgehead atoms. The number of para-hydroxylation sites is 1. The third kappa shape index (κ3) is 5.22. The Labute approximate surface area is 160 Å². The summed E-state index contributed by atoms with van der Waals surface area (Å²) in [5.74, 6) is 0.0586. The van der Waals surface area contributed by atoms with Crippen molar-refractivity contribution in [2.45, 2.75) is 38.7 Å². The molecule has 27 heavy (non-hydrogen) atoms. The van der Waals surface area contributed by atoms with Crippen molar-refractivity contribution in [3.63, 3.8) is 0 Å². The van der Waals surface area contributed by atoms with Gasteiger partial charge in [0.05, 0.1) is 0 Å². The maximum Gasteiger partial charge on any atom is 0.261 e. The maximum absolute atomic E-state index is 13.0. The number of rotatable bonds is 8. The lowest BCUT2D eigenvalue weighted by molar-refractivity contribution is -0.128. The van der Waals surface area contributed by atoms with E-state index in [1.165, 1.54) is 29.8 Å². The van der Waals surface area contributed by atoms with Crippen molar-refractivity contribution in [3.05, 3.63) is 59.9 Å². The number of ether oxygens (including phenoxy) is 1. The molecule has 1 atom stereocenters. The molecule has 2 aromatic rings. The molecule has 4 nitrogen and oxygen atoms in total. The van der Waals surface area contributed by atoms with Gasteiger partial charge in [-0.25, -0.2) is 4.39 Å². The highest BCUT2D eigenvalue weighted by Crippen LogP contribution is 2.26. The third-order valence-electron chi connectivity index (χ3n) is 4.87. The van der Waals surface area contributed by atoms with Crippen LogP contribution >= 0.6 is 0 Å². The molecule has 0 spiro atoms. The van der Waals surface area contributed by atoms with Crippen molar-refractivity contribution in [1.82, 2.24) is 5.32 Å². The summed E-state index contributed by atoms with van der Waals surface area (Å²) in [5.41, 5.74) is 2.73. The SMILES string of the molecule is CCC(Oc1ccc(F)cc1)C(=O)NCCCN1CCCc2ccccc21. The van der Waals surface area contributed by atoms with Gasteiger partial charge in [-0.05, 0) is 61.6 Å². The lowest BCUT2D eigenvalue weighted by Gasteiger charge is -2.31. The Balaban J connectivity index is 1.44. The van der Waals surface area contributed by atoms with Crippen LogP contribution in [0.4, 0.5) is 10.1 Å². The van der Waals surface area contributed by atoms with E-state index in [2.05, 4.69) is 34.5 Å². The summed E-state index contributed by atoms with van der Waals surface area (Å²) >= 11 is 0. The van der Waals surface area contributed by atoms with Gasteiger partial charge in [0.25, 0.3) is 5.91 Å². The summed E-state index contributed by atoms with van der Waals surface area (Å²) in [4.78, 5) is 14.8. The molecule has 1 aliphatic rings. The van der Waals surface area contributed by atoms with E-state index in [1.807, 2.05) is 6.92 Å². The lowest BCUT2D eigenvalue weighted by Crippen LogP contribution is -2.39. The van der Waals surface area contributed by atoms with Gasteiger partial charge in [0, 0.05) is 25.3 Å². The minimum absolute atomic E-state index is 0.124. The highest BCUT2D eigenvalue weighted by molar-refractivity contribution is 5.81. The van der Waals surface area contributed by atoms with Crippen molar-refractivity contribution < 1.29 is 13.9 Å². The summed E-state index contributed by atoms with van der Waals surface area (Å²) in [5, 5.41) is 2.96. The molecule has 1 heterocycles. The summed E-state index contributed by atoms with van der Waals surface area (Å²) in [6, 6.07) is 14.3. The number of halogens is 1. The number of carbonyl (C=O) groups excluding carboxylic acids is 1. The third-order valence-corrected chi connectivity index (χ3v) is 4.87. The monoisotopic (exact) mass is 370 g/mol. The van der Waals surface area contributed by atoms with E-state index in [1.54, 1.807) is 12.1 Å². The van der Waals surface area contributed by atoms with Crippen LogP contribution in [0.15, 0.2) is 48.5 Å². The van der Waals surface area contributed by atoms with E-state index in [4.69, 9.17) is 4.74 Å². The first-order valence-corrected chi connectivity index (χ1v) is 9.70. The standard InChI is InChI=1S/C22H27FN2O2/c1-2-21(27-19-12-10-18(23)11-13-19)22(26)24-14-6-16-25-15-5-8-17-7-3-4-9-20(17)25/h3-4,7,9-13,21H,2,5-6,8,14-16H2,1H3,(H,24,26). The molecule has 144 valence electrons. The highest BCUT2D eigenvalue weighted by atomic mass is 19.1. The number of benzene rings is 2. The fourth-order valence-corrected chi connectivity index (χ4v) is 3.44. The van der Waals surface area contributed by atoms with Crippen LogP contribution in [0.5, 0.6) is 5.75 Å². The Morgan fingerprint density at radius 1 is 1.22 bits per heavy atom. The van der Waals surface area contributed by atoms with Gasteiger partial charge in [0.2, 0.25) is 0 Å². The Hall–Kier alpha value is -2.56. The molecule has 1 amide bonds. The van der Waals surface area contributed by atoms with E-state index in [9.17, 15) is 9.18 Å². The van der Waals surface area contributed by atoms with Crippen molar-refractivity contribution >= 4 is 11.6 Å². The predicted molar refractivity (Wildman–Crippen MR) is 106 cm³/mol. The van der Waals surface area contributed by atoms with Crippen LogP contribution in [0.1, 0.15) is 31.7 Å². The molecule has 5 heteroatoms. The quantitative estimate of drug-likeness (QED) is 0.716. The Kier molecular flexibility index (Phi) is 6.69. The number of hydrogen-bond donors (Lipinski definition) is 1. The van der Waals surface area contributed by atoms with E-state index in [-0.39, 0.29) is 11.7 Å². The Morgan fingerprint density at radius 2 is 2.00 bits per heavy atom. The van der Waals surface area contributed by atoms with Crippen LogP contribution in [0, 0.1) is 5.82 Å². The molecular formula is C22H27FN2O2. The van der Waals surface area contributed by atoms with Gasteiger partial charge < -0.3 is 15.0 Å². The molecule has 2 aromatic carbocycles. The lowest BCUT2D eigenvalue weighted by atomic mass is 10.0. The van der Waals surface area contributed by atoms with E-state index in [0.29, 0.717) is 18.7 Å². The normalized spacial score (nSPS) is 14.4. The Bertz CT molecular complexity index is 748. The van der Waals surface area contributed by atoms with Gasteiger partial charge in [-0.2, -0.15) is 0 Å². The number of hydrogen-bond acceptors (Lipinski definition) is 3. The molecule has 3 rings (SSSR count). The second-order valence-electron chi connectivity index (χ2n) is 6.83. The number of fused-ring (bicyclic) bond motifs is 1. The predicted octanol–water partition coefficient (Wildman–Crippen LogP) is 3.94. The molecule has 1 unspecified atom stereocenters. The smallest absolute Gasteiger partial charge is 0.261 e. The largest absolute Gasteiger partial charge is 0.481 e. The van der Waals surface area contributed by atoms with Crippen LogP contribution in [-0.2, 0) is 11.2 Å². The van der Waals surface area contributed by atoms with Crippen molar-refractivity contribution in [1.29, 1.82) is 0 Å². The molecule has 1 N–H and O–H groups in total. The van der Waals surface area contributed by atoms with Gasteiger partial charge >= 0.3 is 0 Å². The topological polar surface area (TPSA) is 41.6 Å². The average molecular weight is 370 g/mol. The first-order chi connectivity index (χ1) is 13.2. The van der Waals surface area contributed by atoms with Crippen LogP contribution in [0.3, 0.4) is 0 Å². The first-order valence-electron chi connectivity index (χ1n) is 9.70. The van der Waals surface area contributed by atoms with Gasteiger partial charge in [-0.15, -0.1) is 0 Å². The van der Waals surface area contributed by atoms with Crippen molar-refractivity contribution in [2.75, 3.05) is 24.5 Å².